The predicted molar refractivity (Wildman–Crippen MR) is 111 cm³/mol. The zero-order valence-electron chi connectivity index (χ0n) is 16.0. The normalized spacial score (nSPS) is 15.9. The molecule has 2 aromatic heterocycles. The van der Waals surface area contributed by atoms with Crippen LogP contribution in [0, 0.1) is 5.92 Å². The maximum Gasteiger partial charge on any atom is 0.265 e. The molecule has 7 nitrogen and oxygen atoms in total. The minimum atomic E-state index is -0.380. The first-order valence-corrected chi connectivity index (χ1v) is 10.1. The Morgan fingerprint density at radius 2 is 1.86 bits per heavy atom. The van der Waals surface area contributed by atoms with E-state index in [2.05, 4.69) is 65.5 Å². The third-order valence-electron chi connectivity index (χ3n) is 5.29. The van der Waals surface area contributed by atoms with Crippen LogP contribution in [0.3, 0.4) is 0 Å². The van der Waals surface area contributed by atoms with E-state index in [0.717, 1.165) is 27.5 Å². The van der Waals surface area contributed by atoms with Gasteiger partial charge in [-0.1, -0.05) is 55.0 Å². The summed E-state index contributed by atoms with van der Waals surface area (Å²) in [5.74, 6) is 2.62. The Balaban J connectivity index is 1.68. The Morgan fingerprint density at radius 3 is 2.46 bits per heavy atom. The van der Waals surface area contributed by atoms with Crippen molar-refractivity contribution in [3.8, 4) is 11.1 Å². The van der Waals surface area contributed by atoms with Gasteiger partial charge in [-0.2, -0.15) is 4.98 Å². The Morgan fingerprint density at radius 1 is 1.14 bits per heavy atom. The first-order valence-electron chi connectivity index (χ1n) is 9.08. The molecule has 1 unspecified atom stereocenters. The van der Waals surface area contributed by atoms with Crippen molar-refractivity contribution >= 4 is 22.6 Å². The molecule has 0 saturated carbocycles. The first kappa shape index (κ1) is 18.5. The van der Waals surface area contributed by atoms with Gasteiger partial charge in [0.05, 0.1) is 16.2 Å². The standard InChI is InChI=1S/C20H22N6OS/c1-12(2)20(3,18-25-17(27-26-18)16-10-22-11-28-16)15-6-4-13(5-7-15)14-8-23-19(21)24-9-14/h4-10,12,22H,11H2,1-3H3,(H2,21,23,24). The average molecular weight is 395 g/mol. The lowest BCUT2D eigenvalue weighted by atomic mass is 9.72. The molecule has 0 aliphatic carbocycles. The van der Waals surface area contributed by atoms with Gasteiger partial charge in [-0.15, -0.1) is 0 Å². The van der Waals surface area contributed by atoms with E-state index in [1.807, 2.05) is 6.20 Å². The molecule has 0 spiro atoms. The summed E-state index contributed by atoms with van der Waals surface area (Å²) in [6.07, 6.45) is 5.37. The molecule has 3 N–H and O–H groups in total. The van der Waals surface area contributed by atoms with Crippen molar-refractivity contribution in [2.75, 3.05) is 11.6 Å². The van der Waals surface area contributed by atoms with E-state index in [1.54, 1.807) is 24.2 Å². The van der Waals surface area contributed by atoms with Gasteiger partial charge in [-0.25, -0.2) is 9.97 Å². The van der Waals surface area contributed by atoms with E-state index >= 15 is 0 Å². The number of rotatable bonds is 5. The van der Waals surface area contributed by atoms with Crippen LogP contribution in [0.25, 0.3) is 16.0 Å². The molecule has 0 fully saturated rings. The van der Waals surface area contributed by atoms with Gasteiger partial charge in [0.1, 0.15) is 0 Å². The largest absolute Gasteiger partial charge is 0.380 e. The Kier molecular flexibility index (Phi) is 4.80. The lowest BCUT2D eigenvalue weighted by molar-refractivity contribution is 0.346. The number of thioether (sulfide) groups is 1. The number of anilines is 1. The van der Waals surface area contributed by atoms with Gasteiger partial charge in [0, 0.05) is 24.2 Å². The van der Waals surface area contributed by atoms with Crippen LogP contribution in [-0.4, -0.2) is 26.0 Å². The average Bonchev–Trinajstić information content (AvgIpc) is 3.40. The molecule has 1 atom stereocenters. The van der Waals surface area contributed by atoms with Crippen molar-refractivity contribution in [2.45, 2.75) is 26.2 Å². The first-order chi connectivity index (χ1) is 13.5. The Hall–Kier alpha value is -2.87. The summed E-state index contributed by atoms with van der Waals surface area (Å²) in [6.45, 7) is 6.49. The summed E-state index contributed by atoms with van der Waals surface area (Å²) in [4.78, 5) is 13.8. The second-order valence-corrected chi connectivity index (χ2v) is 8.21. The van der Waals surface area contributed by atoms with Gasteiger partial charge >= 0.3 is 0 Å². The van der Waals surface area contributed by atoms with E-state index < -0.39 is 0 Å². The SMILES string of the molecule is CC(C)C(C)(c1ccc(-c2cnc(N)nc2)cc1)c1noc(C2=CNCS2)n1. The number of hydrogen-bond donors (Lipinski definition) is 2. The van der Waals surface area contributed by atoms with Gasteiger partial charge in [-0.3, -0.25) is 0 Å². The van der Waals surface area contributed by atoms with Crippen LogP contribution in [0.5, 0.6) is 0 Å². The molecule has 1 aliphatic heterocycles. The second kappa shape index (κ2) is 7.27. The number of benzene rings is 1. The van der Waals surface area contributed by atoms with E-state index in [1.165, 1.54) is 0 Å². The number of nitrogens with zero attached hydrogens (tertiary/aromatic N) is 4. The van der Waals surface area contributed by atoms with Crippen LogP contribution in [0.15, 0.2) is 47.4 Å². The molecule has 3 heterocycles. The predicted octanol–water partition coefficient (Wildman–Crippen LogP) is 3.66. The molecule has 4 rings (SSSR count). The van der Waals surface area contributed by atoms with Gasteiger partial charge < -0.3 is 15.6 Å². The molecule has 0 saturated heterocycles. The van der Waals surface area contributed by atoms with Gasteiger partial charge in [0.25, 0.3) is 5.89 Å². The topological polar surface area (TPSA) is 103 Å². The third-order valence-corrected chi connectivity index (χ3v) is 6.20. The molecule has 28 heavy (non-hydrogen) atoms. The lowest BCUT2D eigenvalue weighted by Gasteiger charge is -2.31. The minimum Gasteiger partial charge on any atom is -0.380 e. The maximum atomic E-state index is 5.58. The molecular formula is C20H22N6OS. The second-order valence-electron chi connectivity index (χ2n) is 7.19. The summed E-state index contributed by atoms with van der Waals surface area (Å²) in [6, 6.07) is 8.33. The molecule has 1 aromatic carbocycles. The van der Waals surface area contributed by atoms with Gasteiger partial charge in [0.15, 0.2) is 5.82 Å². The fourth-order valence-electron chi connectivity index (χ4n) is 3.17. The summed E-state index contributed by atoms with van der Waals surface area (Å²) >= 11 is 1.66. The van der Waals surface area contributed by atoms with Gasteiger partial charge in [0.2, 0.25) is 5.95 Å². The molecule has 0 bridgehead atoms. The highest BCUT2D eigenvalue weighted by molar-refractivity contribution is 8.08. The lowest BCUT2D eigenvalue weighted by Crippen LogP contribution is -2.31. The summed E-state index contributed by atoms with van der Waals surface area (Å²) in [5.41, 5.74) is 8.28. The molecule has 8 heteroatoms. The van der Waals surface area contributed by atoms with Crippen molar-refractivity contribution in [3.63, 3.8) is 0 Å². The van der Waals surface area contributed by atoms with E-state index in [4.69, 9.17) is 15.2 Å². The summed E-state index contributed by atoms with van der Waals surface area (Å²) in [7, 11) is 0. The number of nitrogens with one attached hydrogen (secondary N) is 1. The summed E-state index contributed by atoms with van der Waals surface area (Å²) < 4.78 is 5.55. The fraction of sp³-hybridized carbons (Fsp3) is 0.300. The number of nitrogen functional groups attached to an aromatic ring is 1. The zero-order chi connectivity index (χ0) is 19.7. The highest BCUT2D eigenvalue weighted by atomic mass is 32.2. The van der Waals surface area contributed by atoms with E-state index in [-0.39, 0.29) is 17.3 Å². The van der Waals surface area contributed by atoms with E-state index in [0.29, 0.717) is 11.7 Å². The smallest absolute Gasteiger partial charge is 0.265 e. The van der Waals surface area contributed by atoms with Crippen molar-refractivity contribution in [2.24, 2.45) is 5.92 Å². The van der Waals surface area contributed by atoms with Crippen LogP contribution in [-0.2, 0) is 5.41 Å². The van der Waals surface area contributed by atoms with Crippen molar-refractivity contribution in [1.29, 1.82) is 0 Å². The van der Waals surface area contributed by atoms with Crippen molar-refractivity contribution in [3.05, 3.63) is 60.1 Å². The number of aromatic nitrogens is 4. The monoisotopic (exact) mass is 394 g/mol. The van der Waals surface area contributed by atoms with Crippen LogP contribution in [0.4, 0.5) is 5.95 Å². The number of nitrogens with two attached hydrogens (primary N) is 1. The fourth-order valence-corrected chi connectivity index (χ4v) is 3.87. The maximum absolute atomic E-state index is 5.58. The highest BCUT2D eigenvalue weighted by Gasteiger charge is 2.37. The minimum absolute atomic E-state index is 0.270. The zero-order valence-corrected chi connectivity index (χ0v) is 16.8. The molecule has 0 amide bonds. The summed E-state index contributed by atoms with van der Waals surface area (Å²) in [5, 5.41) is 7.47. The van der Waals surface area contributed by atoms with Crippen LogP contribution >= 0.6 is 11.8 Å². The Labute approximate surface area is 167 Å². The molecule has 144 valence electrons. The molecule has 1 aliphatic rings. The molecule has 3 aromatic rings. The number of hydrogen-bond acceptors (Lipinski definition) is 8. The highest BCUT2D eigenvalue weighted by Crippen LogP contribution is 2.39. The van der Waals surface area contributed by atoms with Crippen LogP contribution < -0.4 is 11.1 Å². The Bertz CT molecular complexity index is 996. The van der Waals surface area contributed by atoms with Crippen molar-refractivity contribution < 1.29 is 4.52 Å². The molecular weight excluding hydrogens is 372 g/mol. The van der Waals surface area contributed by atoms with E-state index in [9.17, 15) is 0 Å². The van der Waals surface area contributed by atoms with Crippen LogP contribution in [0.2, 0.25) is 0 Å². The van der Waals surface area contributed by atoms with Crippen molar-refractivity contribution in [1.82, 2.24) is 25.4 Å². The molecule has 0 radical (unpaired) electrons. The van der Waals surface area contributed by atoms with Crippen LogP contribution in [0.1, 0.15) is 38.0 Å². The van der Waals surface area contributed by atoms with Gasteiger partial charge in [-0.05, 0) is 24.0 Å². The third kappa shape index (κ3) is 3.24. The quantitative estimate of drug-likeness (QED) is 0.676.